The van der Waals surface area contributed by atoms with E-state index in [0.29, 0.717) is 6.54 Å². The number of H-pyrrole nitrogens is 2. The van der Waals surface area contributed by atoms with E-state index in [1.807, 2.05) is 49.5 Å². The van der Waals surface area contributed by atoms with E-state index < -0.39 is 0 Å². The van der Waals surface area contributed by atoms with Gasteiger partial charge in [0.2, 0.25) is 0 Å². The molecular weight excluding hydrogens is 372 g/mol. The first-order valence-electron chi connectivity index (χ1n) is 9.93. The monoisotopic (exact) mass is 394 g/mol. The minimum atomic E-state index is 0.595. The third-order valence-electron chi connectivity index (χ3n) is 5.20. The van der Waals surface area contributed by atoms with Gasteiger partial charge >= 0.3 is 0 Å². The van der Waals surface area contributed by atoms with Crippen LogP contribution in [0.25, 0.3) is 33.5 Å². The van der Waals surface area contributed by atoms with Gasteiger partial charge in [0.1, 0.15) is 5.82 Å². The Morgan fingerprint density at radius 1 is 0.933 bits per heavy atom. The molecule has 0 radical (unpaired) electrons. The molecule has 30 heavy (non-hydrogen) atoms. The van der Waals surface area contributed by atoms with Crippen LogP contribution in [0.2, 0.25) is 0 Å². The summed E-state index contributed by atoms with van der Waals surface area (Å²) in [5, 5.41) is 11.7. The molecule has 0 spiro atoms. The lowest BCUT2D eigenvalue weighted by Gasteiger charge is -2.07. The van der Waals surface area contributed by atoms with Crippen LogP contribution in [0, 0.1) is 13.8 Å². The molecular formula is C24H22N6. The maximum atomic E-state index is 4.93. The first kappa shape index (κ1) is 18.1. The fraction of sp³-hybridized carbons (Fsp3) is 0.125. The zero-order chi connectivity index (χ0) is 20.5. The molecule has 6 nitrogen and oxygen atoms in total. The van der Waals surface area contributed by atoms with Crippen LogP contribution in [0.5, 0.6) is 0 Å². The minimum absolute atomic E-state index is 0.595. The van der Waals surface area contributed by atoms with Crippen LogP contribution in [0.3, 0.4) is 0 Å². The molecule has 0 aliphatic carbocycles. The minimum Gasteiger partial charge on any atom is -0.378 e. The summed E-state index contributed by atoms with van der Waals surface area (Å²) in [6, 6.07) is 20.5. The summed E-state index contributed by atoms with van der Waals surface area (Å²) in [5.74, 6) is 0.860. The molecule has 0 aliphatic rings. The Labute approximate surface area is 174 Å². The summed E-state index contributed by atoms with van der Waals surface area (Å²) in [6.45, 7) is 4.69. The zero-order valence-corrected chi connectivity index (χ0v) is 16.9. The van der Waals surface area contributed by atoms with Crippen LogP contribution in [0.15, 0.2) is 66.9 Å². The number of aryl methyl sites for hydroxylation is 2. The molecule has 0 fully saturated rings. The van der Waals surface area contributed by atoms with Crippen molar-refractivity contribution in [3.63, 3.8) is 0 Å². The Morgan fingerprint density at radius 2 is 1.83 bits per heavy atom. The summed E-state index contributed by atoms with van der Waals surface area (Å²) in [4.78, 5) is 13.1. The van der Waals surface area contributed by atoms with Crippen molar-refractivity contribution in [3.05, 3.63) is 83.9 Å². The maximum absolute atomic E-state index is 4.93. The maximum Gasteiger partial charge on any atom is 0.126 e. The van der Waals surface area contributed by atoms with Crippen LogP contribution in [-0.4, -0.2) is 25.1 Å². The van der Waals surface area contributed by atoms with Gasteiger partial charge in [0.25, 0.3) is 0 Å². The van der Waals surface area contributed by atoms with Gasteiger partial charge in [-0.1, -0.05) is 30.3 Å². The van der Waals surface area contributed by atoms with Crippen LogP contribution in [-0.2, 0) is 6.54 Å². The number of benzene rings is 2. The standard InChI is InChI=1S/C24H22N6/c1-15-6-3-4-8-19(15)25-14-22-28-23(17-10-11-20-18(12-17)13-26-30-20)24(29-22)21-9-5-7-16(2)27-21/h3-13,25H,14H2,1-2H3,(H,26,30)(H,28,29). The molecule has 148 valence electrons. The van der Waals surface area contributed by atoms with Gasteiger partial charge in [-0.15, -0.1) is 0 Å². The smallest absolute Gasteiger partial charge is 0.126 e. The van der Waals surface area contributed by atoms with Crippen molar-refractivity contribution in [2.75, 3.05) is 5.32 Å². The van der Waals surface area contributed by atoms with E-state index in [0.717, 1.165) is 50.8 Å². The zero-order valence-electron chi connectivity index (χ0n) is 16.9. The number of nitrogens with one attached hydrogen (secondary N) is 3. The molecule has 0 saturated carbocycles. The SMILES string of the molecule is Cc1cccc(-c2[nH]c(CNc3ccccc3C)nc2-c2ccc3[nH]ncc3c2)n1. The van der Waals surface area contributed by atoms with E-state index in [1.54, 1.807) is 0 Å². The number of aromatic nitrogens is 5. The molecule has 6 heteroatoms. The Bertz CT molecular complexity index is 1330. The van der Waals surface area contributed by atoms with Crippen molar-refractivity contribution in [1.29, 1.82) is 0 Å². The first-order chi connectivity index (χ1) is 14.7. The Morgan fingerprint density at radius 3 is 2.70 bits per heavy atom. The molecule has 3 aromatic heterocycles. The van der Waals surface area contributed by atoms with E-state index in [2.05, 4.69) is 51.7 Å². The number of anilines is 1. The van der Waals surface area contributed by atoms with Crippen LogP contribution in [0.1, 0.15) is 17.1 Å². The summed E-state index contributed by atoms with van der Waals surface area (Å²) in [6.07, 6.45) is 1.83. The van der Waals surface area contributed by atoms with Gasteiger partial charge in [-0.2, -0.15) is 5.10 Å². The Hall–Kier alpha value is -3.93. The average Bonchev–Trinajstić information content (AvgIpc) is 3.39. The van der Waals surface area contributed by atoms with Crippen molar-refractivity contribution < 1.29 is 0 Å². The number of rotatable bonds is 5. The summed E-state index contributed by atoms with van der Waals surface area (Å²) in [5.41, 5.74) is 8.00. The molecule has 0 amide bonds. The molecule has 0 saturated heterocycles. The second-order valence-corrected chi connectivity index (χ2v) is 7.41. The van der Waals surface area contributed by atoms with Crippen LogP contribution < -0.4 is 5.32 Å². The second kappa shape index (κ2) is 7.48. The predicted molar refractivity (Wildman–Crippen MR) is 120 cm³/mol. The average molecular weight is 394 g/mol. The molecule has 5 rings (SSSR count). The number of para-hydroxylation sites is 1. The van der Waals surface area contributed by atoms with Crippen molar-refractivity contribution in [2.24, 2.45) is 0 Å². The van der Waals surface area contributed by atoms with E-state index in [4.69, 9.17) is 9.97 Å². The highest BCUT2D eigenvalue weighted by molar-refractivity contribution is 5.86. The van der Waals surface area contributed by atoms with Gasteiger partial charge in [0.15, 0.2) is 0 Å². The van der Waals surface area contributed by atoms with Crippen molar-refractivity contribution in [2.45, 2.75) is 20.4 Å². The lowest BCUT2D eigenvalue weighted by atomic mass is 10.1. The molecule has 0 aliphatic heterocycles. The first-order valence-corrected chi connectivity index (χ1v) is 9.93. The van der Waals surface area contributed by atoms with Crippen LogP contribution in [0.4, 0.5) is 5.69 Å². The third-order valence-corrected chi connectivity index (χ3v) is 5.20. The predicted octanol–water partition coefficient (Wildman–Crippen LogP) is 5.24. The van der Waals surface area contributed by atoms with E-state index >= 15 is 0 Å². The number of pyridine rings is 1. The lowest BCUT2D eigenvalue weighted by molar-refractivity contribution is 0.998. The molecule has 2 aromatic carbocycles. The van der Waals surface area contributed by atoms with Gasteiger partial charge < -0.3 is 10.3 Å². The van der Waals surface area contributed by atoms with Crippen molar-refractivity contribution >= 4 is 16.6 Å². The van der Waals surface area contributed by atoms with Gasteiger partial charge in [-0.3, -0.25) is 10.1 Å². The summed E-state index contributed by atoms with van der Waals surface area (Å²) >= 11 is 0. The lowest BCUT2D eigenvalue weighted by Crippen LogP contribution is -2.02. The largest absolute Gasteiger partial charge is 0.378 e. The number of nitrogens with zero attached hydrogens (tertiary/aromatic N) is 3. The summed E-state index contributed by atoms with van der Waals surface area (Å²) in [7, 11) is 0. The number of aromatic amines is 2. The van der Waals surface area contributed by atoms with E-state index in [9.17, 15) is 0 Å². The normalized spacial score (nSPS) is 11.1. The number of hydrogen-bond acceptors (Lipinski definition) is 4. The fourth-order valence-electron chi connectivity index (χ4n) is 3.62. The molecule has 5 aromatic rings. The topological polar surface area (TPSA) is 82.3 Å². The molecule has 3 heterocycles. The molecule has 3 N–H and O–H groups in total. The van der Waals surface area contributed by atoms with Gasteiger partial charge in [0.05, 0.1) is 35.3 Å². The Balaban J connectivity index is 1.56. The van der Waals surface area contributed by atoms with Gasteiger partial charge in [-0.25, -0.2) is 4.98 Å². The van der Waals surface area contributed by atoms with E-state index in [1.165, 1.54) is 5.56 Å². The number of hydrogen-bond donors (Lipinski definition) is 3. The van der Waals surface area contributed by atoms with Crippen molar-refractivity contribution in [1.82, 2.24) is 25.1 Å². The quantitative estimate of drug-likeness (QED) is 0.380. The van der Waals surface area contributed by atoms with E-state index in [-0.39, 0.29) is 0 Å². The third kappa shape index (κ3) is 3.43. The number of fused-ring (bicyclic) bond motifs is 1. The van der Waals surface area contributed by atoms with Crippen molar-refractivity contribution in [3.8, 4) is 22.6 Å². The molecule has 0 unspecified atom stereocenters. The summed E-state index contributed by atoms with van der Waals surface area (Å²) < 4.78 is 0. The Kier molecular flexibility index (Phi) is 4.52. The highest BCUT2D eigenvalue weighted by atomic mass is 15.1. The highest BCUT2D eigenvalue weighted by Gasteiger charge is 2.16. The molecule has 0 atom stereocenters. The highest BCUT2D eigenvalue weighted by Crippen LogP contribution is 2.31. The molecule has 0 bridgehead atoms. The van der Waals surface area contributed by atoms with Gasteiger partial charge in [0, 0.05) is 22.3 Å². The van der Waals surface area contributed by atoms with Crippen LogP contribution >= 0.6 is 0 Å². The number of imidazole rings is 1. The second-order valence-electron chi connectivity index (χ2n) is 7.41. The fourth-order valence-corrected chi connectivity index (χ4v) is 3.62. The van der Waals surface area contributed by atoms with Gasteiger partial charge in [-0.05, 0) is 49.7 Å².